The fourth-order valence-electron chi connectivity index (χ4n) is 1.96. The van der Waals surface area contributed by atoms with E-state index in [1.165, 1.54) is 0 Å². The first kappa shape index (κ1) is 11.8. The molecule has 88 valence electrons. The molecule has 16 heavy (non-hydrogen) atoms. The molecule has 1 aromatic rings. The van der Waals surface area contributed by atoms with E-state index in [9.17, 15) is 4.39 Å². The van der Waals surface area contributed by atoms with Gasteiger partial charge >= 0.3 is 0 Å². The van der Waals surface area contributed by atoms with Gasteiger partial charge in [-0.05, 0) is 26.0 Å². The normalized spacial score (nSPS) is 24.9. The molecule has 1 aliphatic heterocycles. The third-order valence-corrected chi connectivity index (χ3v) is 3.40. The maximum absolute atomic E-state index is 13.6. The number of hydrogen-bond acceptors (Lipinski definition) is 2. The Labute approximate surface area is 100 Å². The van der Waals surface area contributed by atoms with Crippen molar-refractivity contribution in [3.63, 3.8) is 0 Å². The summed E-state index contributed by atoms with van der Waals surface area (Å²) in [7, 11) is 0. The lowest BCUT2D eigenvalue weighted by Gasteiger charge is -2.24. The molecule has 0 saturated carbocycles. The van der Waals surface area contributed by atoms with Gasteiger partial charge in [-0.2, -0.15) is 0 Å². The van der Waals surface area contributed by atoms with Crippen molar-refractivity contribution in [3.8, 4) is 0 Å². The first-order valence-corrected chi connectivity index (χ1v) is 5.87. The summed E-state index contributed by atoms with van der Waals surface area (Å²) < 4.78 is 13.6. The highest BCUT2D eigenvalue weighted by Gasteiger charge is 2.27. The molecule has 1 heterocycles. The lowest BCUT2D eigenvalue weighted by molar-refractivity contribution is 0.382. The largest absolute Gasteiger partial charge is 0.315 e. The average Bonchev–Trinajstić information content (AvgIpc) is 2.68. The highest BCUT2D eigenvalue weighted by Crippen LogP contribution is 2.19. The minimum absolute atomic E-state index is 0.0642. The van der Waals surface area contributed by atoms with Crippen LogP contribution >= 0.6 is 11.6 Å². The maximum Gasteiger partial charge on any atom is 0.146 e. The SMILES string of the molecule is CC1(NCc2cccc(Cl)c2F)CCNC1. The van der Waals surface area contributed by atoms with Crippen molar-refractivity contribution in [2.24, 2.45) is 0 Å². The lowest BCUT2D eigenvalue weighted by Crippen LogP contribution is -2.43. The smallest absolute Gasteiger partial charge is 0.146 e. The fraction of sp³-hybridized carbons (Fsp3) is 0.500. The van der Waals surface area contributed by atoms with Crippen LogP contribution in [0.3, 0.4) is 0 Å². The van der Waals surface area contributed by atoms with Crippen LogP contribution < -0.4 is 10.6 Å². The van der Waals surface area contributed by atoms with E-state index in [-0.39, 0.29) is 16.4 Å². The molecule has 2 rings (SSSR count). The highest BCUT2D eigenvalue weighted by atomic mass is 35.5. The van der Waals surface area contributed by atoms with E-state index in [4.69, 9.17) is 11.6 Å². The van der Waals surface area contributed by atoms with Crippen molar-refractivity contribution in [1.29, 1.82) is 0 Å². The summed E-state index contributed by atoms with van der Waals surface area (Å²) in [5.41, 5.74) is 0.690. The quantitative estimate of drug-likeness (QED) is 0.850. The van der Waals surface area contributed by atoms with Crippen LogP contribution in [0.25, 0.3) is 0 Å². The predicted molar refractivity (Wildman–Crippen MR) is 64.1 cm³/mol. The van der Waals surface area contributed by atoms with Crippen LogP contribution in [0.4, 0.5) is 4.39 Å². The van der Waals surface area contributed by atoms with Crippen LogP contribution in [0.1, 0.15) is 18.9 Å². The molecule has 0 bridgehead atoms. The van der Waals surface area contributed by atoms with E-state index in [1.807, 2.05) is 0 Å². The monoisotopic (exact) mass is 242 g/mol. The summed E-state index contributed by atoms with van der Waals surface area (Å²) in [6.45, 7) is 4.61. The summed E-state index contributed by atoms with van der Waals surface area (Å²) in [5.74, 6) is -0.314. The standard InChI is InChI=1S/C12H16ClFN2/c1-12(5-6-15-8-12)16-7-9-3-2-4-10(13)11(9)14/h2-4,15-16H,5-8H2,1H3. The Morgan fingerprint density at radius 2 is 2.38 bits per heavy atom. The van der Waals surface area contributed by atoms with Crippen molar-refractivity contribution >= 4 is 11.6 Å². The topological polar surface area (TPSA) is 24.1 Å². The van der Waals surface area contributed by atoms with Crippen molar-refractivity contribution in [2.75, 3.05) is 13.1 Å². The van der Waals surface area contributed by atoms with Gasteiger partial charge in [-0.15, -0.1) is 0 Å². The zero-order chi connectivity index (χ0) is 11.6. The number of hydrogen-bond donors (Lipinski definition) is 2. The molecule has 0 radical (unpaired) electrons. The van der Waals surface area contributed by atoms with Gasteiger partial charge < -0.3 is 10.6 Å². The van der Waals surface area contributed by atoms with E-state index in [1.54, 1.807) is 18.2 Å². The van der Waals surface area contributed by atoms with E-state index in [2.05, 4.69) is 17.6 Å². The van der Waals surface area contributed by atoms with Crippen LogP contribution in [0.2, 0.25) is 5.02 Å². The molecule has 1 fully saturated rings. The van der Waals surface area contributed by atoms with Gasteiger partial charge in [-0.3, -0.25) is 0 Å². The molecule has 4 heteroatoms. The van der Waals surface area contributed by atoms with Crippen molar-refractivity contribution in [1.82, 2.24) is 10.6 Å². The van der Waals surface area contributed by atoms with Gasteiger partial charge in [0.15, 0.2) is 0 Å². The third kappa shape index (κ3) is 2.54. The molecule has 2 nitrogen and oxygen atoms in total. The van der Waals surface area contributed by atoms with Crippen LogP contribution in [0, 0.1) is 5.82 Å². The molecular formula is C12H16ClFN2. The van der Waals surface area contributed by atoms with Gasteiger partial charge in [0.1, 0.15) is 5.82 Å². The zero-order valence-corrected chi connectivity index (χ0v) is 10.1. The van der Waals surface area contributed by atoms with E-state index in [0.29, 0.717) is 12.1 Å². The Morgan fingerprint density at radius 3 is 3.06 bits per heavy atom. The second-order valence-corrected chi connectivity index (χ2v) is 4.96. The molecule has 0 aliphatic carbocycles. The number of nitrogens with one attached hydrogen (secondary N) is 2. The van der Waals surface area contributed by atoms with Crippen LogP contribution in [0.5, 0.6) is 0 Å². The summed E-state index contributed by atoms with van der Waals surface area (Å²) in [6.07, 6.45) is 1.06. The molecule has 1 atom stereocenters. The minimum atomic E-state index is -0.314. The van der Waals surface area contributed by atoms with Gasteiger partial charge in [0.2, 0.25) is 0 Å². The molecule has 0 spiro atoms. The number of halogens is 2. The van der Waals surface area contributed by atoms with Crippen LogP contribution in [-0.4, -0.2) is 18.6 Å². The zero-order valence-electron chi connectivity index (χ0n) is 9.32. The second-order valence-electron chi connectivity index (χ2n) is 4.55. The first-order valence-electron chi connectivity index (χ1n) is 5.49. The summed E-state index contributed by atoms with van der Waals surface area (Å²) in [5, 5.41) is 6.86. The maximum atomic E-state index is 13.6. The molecule has 1 aliphatic rings. The molecule has 0 amide bonds. The molecule has 1 unspecified atom stereocenters. The van der Waals surface area contributed by atoms with E-state index < -0.39 is 0 Å². The summed E-state index contributed by atoms with van der Waals surface area (Å²) in [4.78, 5) is 0. The molecule has 2 N–H and O–H groups in total. The predicted octanol–water partition coefficient (Wildman–Crippen LogP) is 2.32. The third-order valence-electron chi connectivity index (χ3n) is 3.11. The fourth-order valence-corrected chi connectivity index (χ4v) is 2.16. The summed E-state index contributed by atoms with van der Waals surface area (Å²) in [6, 6.07) is 5.11. The van der Waals surface area contributed by atoms with Crippen LogP contribution in [0.15, 0.2) is 18.2 Å². The molecule has 0 aromatic heterocycles. The van der Waals surface area contributed by atoms with Gasteiger partial charge in [0.05, 0.1) is 5.02 Å². The summed E-state index contributed by atoms with van der Waals surface area (Å²) >= 11 is 5.73. The highest BCUT2D eigenvalue weighted by molar-refractivity contribution is 6.30. The van der Waals surface area contributed by atoms with E-state index in [0.717, 1.165) is 19.5 Å². The van der Waals surface area contributed by atoms with Crippen molar-refractivity contribution in [3.05, 3.63) is 34.6 Å². The Kier molecular flexibility index (Phi) is 3.47. The number of benzene rings is 1. The molecule has 1 aromatic carbocycles. The minimum Gasteiger partial charge on any atom is -0.315 e. The second kappa shape index (κ2) is 4.70. The van der Waals surface area contributed by atoms with Crippen molar-refractivity contribution < 1.29 is 4.39 Å². The Morgan fingerprint density at radius 1 is 1.56 bits per heavy atom. The Hall–Kier alpha value is -0.640. The average molecular weight is 243 g/mol. The molecule has 1 saturated heterocycles. The first-order chi connectivity index (χ1) is 7.61. The van der Waals surface area contributed by atoms with Gasteiger partial charge in [0.25, 0.3) is 0 Å². The van der Waals surface area contributed by atoms with E-state index >= 15 is 0 Å². The van der Waals surface area contributed by atoms with Crippen molar-refractivity contribution in [2.45, 2.75) is 25.4 Å². The van der Waals surface area contributed by atoms with Gasteiger partial charge in [-0.1, -0.05) is 23.7 Å². The van der Waals surface area contributed by atoms with Gasteiger partial charge in [0, 0.05) is 24.2 Å². The van der Waals surface area contributed by atoms with Crippen LogP contribution in [-0.2, 0) is 6.54 Å². The number of rotatable bonds is 3. The Bertz CT molecular complexity index is 375. The lowest BCUT2D eigenvalue weighted by atomic mass is 10.0. The molecular weight excluding hydrogens is 227 g/mol. The Balaban J connectivity index is 2.02. The van der Waals surface area contributed by atoms with Gasteiger partial charge in [-0.25, -0.2) is 4.39 Å².